The van der Waals surface area contributed by atoms with E-state index >= 15 is 0 Å². The van der Waals surface area contributed by atoms with Crippen molar-refractivity contribution in [1.29, 1.82) is 0 Å². The SMILES string of the molecule is CCCC1NC(CC)N(CC(C)C)C1=O. The molecule has 0 radical (unpaired) electrons. The second-order valence-electron chi connectivity index (χ2n) is 4.82. The Labute approximate surface area is 93.2 Å². The van der Waals surface area contributed by atoms with Gasteiger partial charge < -0.3 is 4.90 Å². The number of rotatable bonds is 5. The van der Waals surface area contributed by atoms with Crippen LogP contribution in [0.15, 0.2) is 0 Å². The van der Waals surface area contributed by atoms with E-state index in [0.717, 1.165) is 25.8 Å². The van der Waals surface area contributed by atoms with Gasteiger partial charge in [-0.05, 0) is 18.8 Å². The van der Waals surface area contributed by atoms with Crippen molar-refractivity contribution in [1.82, 2.24) is 10.2 Å². The molecule has 1 rings (SSSR count). The van der Waals surface area contributed by atoms with Gasteiger partial charge in [0, 0.05) is 6.54 Å². The molecule has 2 atom stereocenters. The first kappa shape index (κ1) is 12.5. The fraction of sp³-hybridized carbons (Fsp3) is 0.917. The van der Waals surface area contributed by atoms with E-state index in [-0.39, 0.29) is 12.2 Å². The van der Waals surface area contributed by atoms with Crippen LogP contribution in [0.3, 0.4) is 0 Å². The summed E-state index contributed by atoms with van der Waals surface area (Å²) in [5.74, 6) is 0.850. The van der Waals surface area contributed by atoms with Crippen LogP contribution in [0.1, 0.15) is 47.0 Å². The fourth-order valence-electron chi connectivity index (χ4n) is 2.19. The van der Waals surface area contributed by atoms with Crippen LogP contribution in [0.4, 0.5) is 0 Å². The molecule has 1 N–H and O–H groups in total. The number of carbonyl (C=O) groups excluding carboxylic acids is 1. The number of nitrogens with zero attached hydrogens (tertiary/aromatic N) is 1. The molecule has 88 valence electrons. The van der Waals surface area contributed by atoms with Gasteiger partial charge >= 0.3 is 0 Å². The molecule has 15 heavy (non-hydrogen) atoms. The Morgan fingerprint density at radius 3 is 2.53 bits per heavy atom. The molecular weight excluding hydrogens is 188 g/mol. The number of carbonyl (C=O) groups is 1. The maximum absolute atomic E-state index is 12.1. The van der Waals surface area contributed by atoms with E-state index in [4.69, 9.17) is 0 Å². The van der Waals surface area contributed by atoms with E-state index in [0.29, 0.717) is 11.8 Å². The van der Waals surface area contributed by atoms with Crippen LogP contribution in [0, 0.1) is 5.92 Å². The van der Waals surface area contributed by atoms with Gasteiger partial charge in [0.25, 0.3) is 0 Å². The first-order valence-corrected chi connectivity index (χ1v) is 6.16. The zero-order valence-electron chi connectivity index (χ0n) is 10.4. The summed E-state index contributed by atoms with van der Waals surface area (Å²) in [4.78, 5) is 14.1. The molecule has 1 aliphatic heterocycles. The molecule has 0 aromatic rings. The van der Waals surface area contributed by atoms with Crippen molar-refractivity contribution >= 4 is 5.91 Å². The van der Waals surface area contributed by atoms with Crippen molar-refractivity contribution in [2.45, 2.75) is 59.2 Å². The fourth-order valence-corrected chi connectivity index (χ4v) is 2.19. The highest BCUT2D eigenvalue weighted by Gasteiger charge is 2.36. The van der Waals surface area contributed by atoms with Gasteiger partial charge in [0.2, 0.25) is 5.91 Å². The number of hydrogen-bond acceptors (Lipinski definition) is 2. The van der Waals surface area contributed by atoms with Gasteiger partial charge in [-0.25, -0.2) is 0 Å². The van der Waals surface area contributed by atoms with Crippen molar-refractivity contribution in [3.8, 4) is 0 Å². The summed E-state index contributed by atoms with van der Waals surface area (Å²) in [5, 5.41) is 3.42. The van der Waals surface area contributed by atoms with E-state index in [1.54, 1.807) is 0 Å². The Hall–Kier alpha value is -0.570. The summed E-state index contributed by atoms with van der Waals surface area (Å²) in [6.45, 7) is 9.46. The average molecular weight is 212 g/mol. The Balaban J connectivity index is 2.63. The Morgan fingerprint density at radius 2 is 2.07 bits per heavy atom. The third-order valence-corrected chi connectivity index (χ3v) is 2.88. The summed E-state index contributed by atoms with van der Waals surface area (Å²) in [6.07, 6.45) is 3.29. The molecule has 0 bridgehead atoms. The van der Waals surface area contributed by atoms with Gasteiger partial charge in [-0.1, -0.05) is 34.1 Å². The topological polar surface area (TPSA) is 32.3 Å². The Kier molecular flexibility index (Phi) is 4.58. The van der Waals surface area contributed by atoms with E-state index in [9.17, 15) is 4.79 Å². The first-order chi connectivity index (χ1) is 7.10. The lowest BCUT2D eigenvalue weighted by Gasteiger charge is -2.24. The number of nitrogens with one attached hydrogen (secondary N) is 1. The summed E-state index contributed by atoms with van der Waals surface area (Å²) < 4.78 is 0. The second-order valence-corrected chi connectivity index (χ2v) is 4.82. The molecule has 1 aliphatic rings. The lowest BCUT2D eigenvalue weighted by atomic mass is 10.1. The van der Waals surface area contributed by atoms with Crippen LogP contribution in [0.5, 0.6) is 0 Å². The highest BCUT2D eigenvalue weighted by molar-refractivity contribution is 5.84. The summed E-state index contributed by atoms with van der Waals surface area (Å²) in [5.41, 5.74) is 0. The van der Waals surface area contributed by atoms with Crippen molar-refractivity contribution in [2.24, 2.45) is 5.92 Å². The minimum absolute atomic E-state index is 0.0682. The van der Waals surface area contributed by atoms with Crippen LogP contribution in [-0.4, -0.2) is 29.6 Å². The predicted molar refractivity (Wildman–Crippen MR) is 62.5 cm³/mol. The number of hydrogen-bond donors (Lipinski definition) is 1. The third kappa shape index (κ3) is 2.94. The molecule has 1 fully saturated rings. The van der Waals surface area contributed by atoms with Gasteiger partial charge in [0.05, 0.1) is 12.2 Å². The molecular formula is C12H24N2O. The van der Waals surface area contributed by atoms with Gasteiger partial charge in [-0.3, -0.25) is 10.1 Å². The third-order valence-electron chi connectivity index (χ3n) is 2.88. The monoisotopic (exact) mass is 212 g/mol. The molecule has 1 saturated heterocycles. The van der Waals surface area contributed by atoms with Crippen molar-refractivity contribution < 1.29 is 4.79 Å². The first-order valence-electron chi connectivity index (χ1n) is 6.16. The molecule has 1 amide bonds. The van der Waals surface area contributed by atoms with Gasteiger partial charge in [-0.2, -0.15) is 0 Å². The minimum atomic E-state index is 0.0682. The Bertz CT molecular complexity index is 216. The summed E-state index contributed by atoms with van der Waals surface area (Å²) in [6, 6.07) is 0.0682. The standard InChI is InChI=1S/C12H24N2O/c1-5-7-10-12(15)14(8-9(3)4)11(6-2)13-10/h9-11,13H,5-8H2,1-4H3. The van der Waals surface area contributed by atoms with Crippen molar-refractivity contribution in [3.05, 3.63) is 0 Å². The minimum Gasteiger partial charge on any atom is -0.326 e. The van der Waals surface area contributed by atoms with Crippen LogP contribution >= 0.6 is 0 Å². The molecule has 1 heterocycles. The normalized spacial score (nSPS) is 26.7. The maximum Gasteiger partial charge on any atom is 0.241 e. The highest BCUT2D eigenvalue weighted by Crippen LogP contribution is 2.18. The lowest BCUT2D eigenvalue weighted by Crippen LogP contribution is -2.39. The summed E-state index contributed by atoms with van der Waals surface area (Å²) in [7, 11) is 0. The second kappa shape index (κ2) is 5.50. The summed E-state index contributed by atoms with van der Waals surface area (Å²) >= 11 is 0. The average Bonchev–Trinajstić information content (AvgIpc) is 2.46. The molecule has 0 aromatic carbocycles. The van der Waals surface area contributed by atoms with E-state index in [1.165, 1.54) is 0 Å². The zero-order valence-corrected chi connectivity index (χ0v) is 10.4. The van der Waals surface area contributed by atoms with E-state index in [2.05, 4.69) is 33.0 Å². The quantitative estimate of drug-likeness (QED) is 0.755. The lowest BCUT2D eigenvalue weighted by molar-refractivity contribution is -0.130. The van der Waals surface area contributed by atoms with Crippen molar-refractivity contribution in [2.75, 3.05) is 6.54 Å². The molecule has 0 aliphatic carbocycles. The van der Waals surface area contributed by atoms with E-state index < -0.39 is 0 Å². The van der Waals surface area contributed by atoms with Gasteiger partial charge in [0.15, 0.2) is 0 Å². The molecule has 0 aromatic heterocycles. The van der Waals surface area contributed by atoms with Gasteiger partial charge in [-0.15, -0.1) is 0 Å². The van der Waals surface area contributed by atoms with Crippen LogP contribution in [0.25, 0.3) is 0 Å². The molecule has 3 nitrogen and oxygen atoms in total. The zero-order chi connectivity index (χ0) is 11.4. The van der Waals surface area contributed by atoms with Crippen LogP contribution < -0.4 is 5.32 Å². The predicted octanol–water partition coefficient (Wildman–Crippen LogP) is 1.98. The van der Waals surface area contributed by atoms with Crippen LogP contribution in [0.2, 0.25) is 0 Å². The maximum atomic E-state index is 12.1. The van der Waals surface area contributed by atoms with Gasteiger partial charge in [0.1, 0.15) is 0 Å². The van der Waals surface area contributed by atoms with Crippen molar-refractivity contribution in [3.63, 3.8) is 0 Å². The number of amides is 1. The Morgan fingerprint density at radius 1 is 1.40 bits per heavy atom. The molecule has 0 saturated carbocycles. The highest BCUT2D eigenvalue weighted by atomic mass is 16.2. The molecule has 2 unspecified atom stereocenters. The smallest absolute Gasteiger partial charge is 0.241 e. The molecule has 3 heteroatoms. The van der Waals surface area contributed by atoms with E-state index in [1.807, 2.05) is 4.90 Å². The van der Waals surface area contributed by atoms with Crippen LogP contribution in [-0.2, 0) is 4.79 Å². The largest absolute Gasteiger partial charge is 0.326 e. The molecule has 0 spiro atoms.